The van der Waals surface area contributed by atoms with E-state index >= 15 is 0 Å². The second-order valence-corrected chi connectivity index (χ2v) is 3.57. The lowest BCUT2D eigenvalue weighted by atomic mass is 10.1. The Balaban J connectivity index is 3.28. The number of alkyl halides is 1. The van der Waals surface area contributed by atoms with E-state index in [1.54, 1.807) is 0 Å². The van der Waals surface area contributed by atoms with E-state index in [9.17, 15) is 0 Å². The van der Waals surface area contributed by atoms with Gasteiger partial charge in [-0.25, -0.2) is 0 Å². The smallest absolute Gasteiger partial charge is 0.0400 e. The summed E-state index contributed by atoms with van der Waals surface area (Å²) in [5, 5.41) is 3.38. The van der Waals surface area contributed by atoms with Crippen LogP contribution < -0.4 is 5.32 Å². The van der Waals surface area contributed by atoms with Crippen molar-refractivity contribution in [3.63, 3.8) is 0 Å². The second-order valence-electron chi connectivity index (χ2n) is 3.30. The summed E-state index contributed by atoms with van der Waals surface area (Å²) >= 11 is 5.71. The second kappa shape index (κ2) is 4.97. The van der Waals surface area contributed by atoms with Crippen molar-refractivity contribution in [2.75, 3.05) is 12.4 Å². The van der Waals surface area contributed by atoms with Crippen LogP contribution in [0, 0.1) is 0 Å². The van der Waals surface area contributed by atoms with Gasteiger partial charge in [0.25, 0.3) is 0 Å². The number of unbranched alkanes of at least 4 members (excludes halogenated alkanes) is 1. The molecule has 0 aliphatic heterocycles. The van der Waals surface area contributed by atoms with Crippen LogP contribution in [-0.4, -0.2) is 18.0 Å². The Morgan fingerprint density at radius 2 is 2.00 bits per heavy atom. The molecular formula is C8H18ClN. The summed E-state index contributed by atoms with van der Waals surface area (Å²) in [6, 6.07) is 0. The first-order valence-electron chi connectivity index (χ1n) is 3.93. The Morgan fingerprint density at radius 1 is 1.40 bits per heavy atom. The van der Waals surface area contributed by atoms with Crippen LogP contribution in [0.1, 0.15) is 33.6 Å². The van der Waals surface area contributed by atoms with Gasteiger partial charge in [-0.05, 0) is 26.8 Å². The van der Waals surface area contributed by atoms with E-state index in [4.69, 9.17) is 11.6 Å². The van der Waals surface area contributed by atoms with E-state index in [0.29, 0.717) is 5.88 Å². The molecule has 0 aromatic carbocycles. The van der Waals surface area contributed by atoms with E-state index in [1.807, 2.05) is 0 Å². The lowest BCUT2D eigenvalue weighted by Gasteiger charge is -2.22. The van der Waals surface area contributed by atoms with Gasteiger partial charge in [0.1, 0.15) is 0 Å². The molecule has 0 amide bonds. The normalized spacial score (nSPS) is 12.0. The molecule has 10 heavy (non-hydrogen) atoms. The van der Waals surface area contributed by atoms with Crippen LogP contribution in [0.15, 0.2) is 0 Å². The standard InChI is InChI=1S/C8H18ClN/c1-4-5-6-10-8(2,3)7-9/h10H,4-7H2,1-3H3. The number of halogens is 1. The molecule has 0 atom stereocenters. The molecule has 1 nitrogen and oxygen atoms in total. The van der Waals surface area contributed by atoms with Gasteiger partial charge in [0.05, 0.1) is 0 Å². The monoisotopic (exact) mass is 163 g/mol. The van der Waals surface area contributed by atoms with Crippen molar-refractivity contribution in [2.24, 2.45) is 0 Å². The Bertz CT molecular complexity index is 81.3. The van der Waals surface area contributed by atoms with Gasteiger partial charge in [-0.15, -0.1) is 11.6 Å². The molecule has 1 N–H and O–H groups in total. The van der Waals surface area contributed by atoms with Gasteiger partial charge in [-0.3, -0.25) is 0 Å². The summed E-state index contributed by atoms with van der Waals surface area (Å²) in [5.74, 6) is 0.677. The fraction of sp³-hybridized carbons (Fsp3) is 1.00. The van der Waals surface area contributed by atoms with Crippen molar-refractivity contribution in [1.82, 2.24) is 5.32 Å². The molecule has 0 saturated carbocycles. The predicted molar refractivity (Wildman–Crippen MR) is 47.7 cm³/mol. The largest absolute Gasteiger partial charge is 0.311 e. The third-order valence-corrected chi connectivity index (χ3v) is 2.14. The van der Waals surface area contributed by atoms with Crippen LogP contribution in [0.25, 0.3) is 0 Å². The number of hydrogen-bond donors (Lipinski definition) is 1. The molecule has 0 aliphatic rings. The molecule has 2 heteroatoms. The maximum atomic E-state index is 5.71. The number of nitrogens with one attached hydrogen (secondary N) is 1. The van der Waals surface area contributed by atoms with Crippen molar-refractivity contribution in [3.05, 3.63) is 0 Å². The maximum absolute atomic E-state index is 5.71. The highest BCUT2D eigenvalue weighted by Crippen LogP contribution is 2.03. The molecule has 0 heterocycles. The maximum Gasteiger partial charge on any atom is 0.0400 e. The molecule has 0 spiro atoms. The van der Waals surface area contributed by atoms with Crippen LogP contribution in [0.2, 0.25) is 0 Å². The molecule has 0 rings (SSSR count). The van der Waals surface area contributed by atoms with Gasteiger partial charge in [0.2, 0.25) is 0 Å². The van der Waals surface area contributed by atoms with Crippen molar-refractivity contribution >= 4 is 11.6 Å². The zero-order chi connectivity index (χ0) is 8.04. The zero-order valence-electron chi connectivity index (χ0n) is 7.21. The minimum absolute atomic E-state index is 0.108. The first-order chi connectivity index (χ1) is 4.62. The van der Waals surface area contributed by atoms with Crippen LogP contribution in [0.3, 0.4) is 0 Å². The van der Waals surface area contributed by atoms with E-state index in [1.165, 1.54) is 12.8 Å². The molecular weight excluding hydrogens is 146 g/mol. The molecule has 0 saturated heterocycles. The average molecular weight is 164 g/mol. The molecule has 0 radical (unpaired) electrons. The fourth-order valence-corrected chi connectivity index (χ4v) is 0.745. The van der Waals surface area contributed by atoms with E-state index in [2.05, 4.69) is 26.1 Å². The summed E-state index contributed by atoms with van der Waals surface area (Å²) in [4.78, 5) is 0. The molecule has 0 aromatic rings. The Hall–Kier alpha value is 0.250. The Morgan fingerprint density at radius 3 is 2.40 bits per heavy atom. The first-order valence-corrected chi connectivity index (χ1v) is 4.47. The SMILES string of the molecule is CCCCNC(C)(C)CCl. The van der Waals surface area contributed by atoms with Crippen LogP contribution in [0.4, 0.5) is 0 Å². The van der Waals surface area contributed by atoms with Crippen molar-refractivity contribution in [2.45, 2.75) is 39.2 Å². The fourth-order valence-electron chi connectivity index (χ4n) is 0.651. The average Bonchev–Trinajstić information content (AvgIpc) is 1.89. The highest BCUT2D eigenvalue weighted by molar-refractivity contribution is 6.18. The third-order valence-electron chi connectivity index (χ3n) is 1.47. The molecule has 62 valence electrons. The summed E-state index contributed by atoms with van der Waals surface area (Å²) < 4.78 is 0. The van der Waals surface area contributed by atoms with E-state index in [-0.39, 0.29) is 5.54 Å². The predicted octanol–water partition coefficient (Wildman–Crippen LogP) is 2.39. The Labute approximate surface area is 69.1 Å². The molecule has 0 aromatic heterocycles. The molecule has 0 unspecified atom stereocenters. The van der Waals surface area contributed by atoms with Gasteiger partial charge in [0.15, 0.2) is 0 Å². The van der Waals surface area contributed by atoms with E-state index < -0.39 is 0 Å². The molecule has 0 bridgehead atoms. The summed E-state index contributed by atoms with van der Waals surface area (Å²) in [7, 11) is 0. The van der Waals surface area contributed by atoms with Gasteiger partial charge in [0, 0.05) is 11.4 Å². The summed E-state index contributed by atoms with van der Waals surface area (Å²) in [6.45, 7) is 7.51. The number of hydrogen-bond acceptors (Lipinski definition) is 1. The van der Waals surface area contributed by atoms with Gasteiger partial charge < -0.3 is 5.32 Å². The quantitative estimate of drug-likeness (QED) is 0.485. The lowest BCUT2D eigenvalue weighted by molar-refractivity contribution is 0.426. The van der Waals surface area contributed by atoms with Crippen LogP contribution in [-0.2, 0) is 0 Å². The van der Waals surface area contributed by atoms with Gasteiger partial charge >= 0.3 is 0 Å². The van der Waals surface area contributed by atoms with Gasteiger partial charge in [-0.2, -0.15) is 0 Å². The zero-order valence-corrected chi connectivity index (χ0v) is 7.96. The van der Waals surface area contributed by atoms with Crippen LogP contribution >= 0.6 is 11.6 Å². The third kappa shape index (κ3) is 5.07. The highest BCUT2D eigenvalue weighted by atomic mass is 35.5. The van der Waals surface area contributed by atoms with Crippen molar-refractivity contribution in [3.8, 4) is 0 Å². The Kier molecular flexibility index (Phi) is 5.10. The van der Waals surface area contributed by atoms with Crippen LogP contribution in [0.5, 0.6) is 0 Å². The van der Waals surface area contributed by atoms with Gasteiger partial charge in [-0.1, -0.05) is 13.3 Å². The minimum Gasteiger partial charge on any atom is -0.311 e. The summed E-state index contributed by atoms with van der Waals surface area (Å²) in [5.41, 5.74) is 0.108. The molecule has 0 aliphatic carbocycles. The lowest BCUT2D eigenvalue weighted by Crippen LogP contribution is -2.41. The highest BCUT2D eigenvalue weighted by Gasteiger charge is 2.13. The number of rotatable bonds is 5. The topological polar surface area (TPSA) is 12.0 Å². The van der Waals surface area contributed by atoms with Crippen molar-refractivity contribution in [1.29, 1.82) is 0 Å². The van der Waals surface area contributed by atoms with E-state index in [0.717, 1.165) is 6.54 Å². The minimum atomic E-state index is 0.108. The van der Waals surface area contributed by atoms with Crippen molar-refractivity contribution < 1.29 is 0 Å². The first kappa shape index (κ1) is 10.2. The summed E-state index contributed by atoms with van der Waals surface area (Å²) in [6.07, 6.45) is 2.48. The molecule has 0 fully saturated rings.